The minimum Gasteiger partial charge on any atom is -0.513 e. The number of hydrogen-bond acceptors (Lipinski definition) is 5. The monoisotopic (exact) mass is 511 g/mol. The van der Waals surface area contributed by atoms with Gasteiger partial charge in [0.25, 0.3) is 0 Å². The minimum atomic E-state index is -4.54. The summed E-state index contributed by atoms with van der Waals surface area (Å²) in [7, 11) is 0. The summed E-state index contributed by atoms with van der Waals surface area (Å²) in [6.45, 7) is 10.9. The largest absolute Gasteiger partial charge is 0.513 e. The van der Waals surface area contributed by atoms with Gasteiger partial charge in [-0.2, -0.15) is 13.2 Å². The predicted molar refractivity (Wildman–Crippen MR) is 141 cm³/mol. The Morgan fingerprint density at radius 2 is 1.86 bits per heavy atom. The molecule has 1 unspecified atom stereocenters. The zero-order valence-electron chi connectivity index (χ0n) is 21.0. The van der Waals surface area contributed by atoms with Gasteiger partial charge in [0.05, 0.1) is 17.4 Å². The van der Waals surface area contributed by atoms with Gasteiger partial charge in [0, 0.05) is 12.0 Å². The summed E-state index contributed by atoms with van der Waals surface area (Å²) in [5.41, 5.74) is 7.56. The van der Waals surface area contributed by atoms with Crippen LogP contribution in [-0.2, 0) is 12.6 Å². The Labute approximate surface area is 215 Å². The third-order valence-electron chi connectivity index (χ3n) is 5.21. The molecule has 3 aromatic rings. The number of alkyl halides is 3. The molecule has 1 atom stereocenters. The van der Waals surface area contributed by atoms with E-state index < -0.39 is 17.8 Å². The Morgan fingerprint density at radius 1 is 1.16 bits per heavy atom. The lowest BCUT2D eigenvalue weighted by atomic mass is 9.97. The van der Waals surface area contributed by atoms with Gasteiger partial charge in [-0.05, 0) is 50.0 Å². The number of halogens is 3. The highest BCUT2D eigenvalue weighted by Crippen LogP contribution is 2.36. The number of aryl methyl sites for hydroxylation is 2. The number of nitrogens with zero attached hydrogens (tertiary/aromatic N) is 2. The van der Waals surface area contributed by atoms with Gasteiger partial charge in [-0.1, -0.05) is 79.4 Å². The highest BCUT2D eigenvalue weighted by atomic mass is 19.4. The quantitative estimate of drug-likeness (QED) is 0.226. The molecule has 8 heteroatoms. The van der Waals surface area contributed by atoms with E-state index in [1.54, 1.807) is 12.2 Å². The second-order valence-electron chi connectivity index (χ2n) is 8.32. The van der Waals surface area contributed by atoms with Crippen LogP contribution in [0.5, 0.6) is 0 Å². The predicted octanol–water partition coefficient (Wildman–Crippen LogP) is 7.83. The van der Waals surface area contributed by atoms with Crippen molar-refractivity contribution in [3.63, 3.8) is 0 Å². The Bertz CT molecular complexity index is 1230. The van der Waals surface area contributed by atoms with Crippen LogP contribution in [0.25, 0.3) is 11.5 Å². The Balaban J connectivity index is 0.000000591. The van der Waals surface area contributed by atoms with Crippen LogP contribution in [-0.4, -0.2) is 15.3 Å². The van der Waals surface area contributed by atoms with Gasteiger partial charge in [-0.15, -0.1) is 10.2 Å². The van der Waals surface area contributed by atoms with Gasteiger partial charge < -0.3 is 15.3 Å². The molecule has 1 aromatic heterocycles. The number of hydrogen-bond donors (Lipinski definition) is 2. The molecule has 0 saturated carbocycles. The molecule has 2 aromatic carbocycles. The molecule has 0 fully saturated rings. The number of rotatable bonds is 9. The minimum absolute atomic E-state index is 0.00113. The van der Waals surface area contributed by atoms with E-state index in [1.165, 1.54) is 17.7 Å². The van der Waals surface area contributed by atoms with E-state index in [1.807, 2.05) is 37.3 Å². The third kappa shape index (κ3) is 9.57. The zero-order chi connectivity index (χ0) is 27.4. The third-order valence-corrected chi connectivity index (χ3v) is 5.21. The summed E-state index contributed by atoms with van der Waals surface area (Å²) < 4.78 is 46.4. The molecule has 0 saturated heterocycles. The molecule has 0 aliphatic carbocycles. The number of nitrogens with two attached hydrogens (primary N) is 1. The van der Waals surface area contributed by atoms with Crippen molar-refractivity contribution >= 4 is 0 Å². The van der Waals surface area contributed by atoms with Crippen LogP contribution in [0.2, 0.25) is 0 Å². The maximum Gasteiger partial charge on any atom is 0.416 e. The van der Waals surface area contributed by atoms with Gasteiger partial charge in [0.2, 0.25) is 11.8 Å². The van der Waals surface area contributed by atoms with E-state index in [0.717, 1.165) is 11.6 Å². The molecular formula is C29H32F3N3O2. The van der Waals surface area contributed by atoms with Gasteiger partial charge in [0.1, 0.15) is 0 Å². The van der Waals surface area contributed by atoms with E-state index in [0.29, 0.717) is 6.42 Å². The molecular weight excluding hydrogens is 479 g/mol. The molecule has 3 rings (SSSR count). The van der Waals surface area contributed by atoms with Gasteiger partial charge in [-0.3, -0.25) is 0 Å². The van der Waals surface area contributed by atoms with Crippen molar-refractivity contribution in [2.24, 2.45) is 5.73 Å². The Morgan fingerprint density at radius 3 is 2.41 bits per heavy atom. The van der Waals surface area contributed by atoms with Crippen molar-refractivity contribution in [2.75, 3.05) is 0 Å². The van der Waals surface area contributed by atoms with E-state index in [-0.39, 0.29) is 41.5 Å². The fourth-order valence-corrected chi connectivity index (χ4v) is 3.43. The van der Waals surface area contributed by atoms with Crippen LogP contribution in [0, 0.1) is 6.92 Å². The van der Waals surface area contributed by atoms with E-state index in [2.05, 4.69) is 42.4 Å². The molecule has 5 nitrogen and oxygen atoms in total. The van der Waals surface area contributed by atoms with Crippen molar-refractivity contribution in [1.29, 1.82) is 0 Å². The van der Waals surface area contributed by atoms with Crippen LogP contribution < -0.4 is 5.73 Å². The molecule has 0 aliphatic heterocycles. The number of aliphatic hydroxyl groups excluding tert-OH is 1. The lowest BCUT2D eigenvalue weighted by Gasteiger charge is -2.14. The first-order chi connectivity index (χ1) is 17.5. The van der Waals surface area contributed by atoms with Crippen molar-refractivity contribution in [1.82, 2.24) is 10.2 Å². The number of benzene rings is 2. The topological polar surface area (TPSA) is 85.2 Å². The Kier molecular flexibility index (Phi) is 11.1. The normalized spacial score (nSPS) is 12.6. The van der Waals surface area contributed by atoms with E-state index in [4.69, 9.17) is 10.2 Å². The van der Waals surface area contributed by atoms with Crippen molar-refractivity contribution in [3.8, 4) is 11.5 Å². The number of aromatic nitrogens is 2. The SMILES string of the molecule is C=C/C=C(\C=C/C)CCc1ccc(-c2nnc(C(N)CC(=C)O)o2)cc1C(F)(F)F.Cc1ccccc1. The van der Waals surface area contributed by atoms with Crippen LogP contribution in [0.4, 0.5) is 13.2 Å². The molecule has 37 heavy (non-hydrogen) atoms. The maximum atomic E-state index is 13.7. The summed E-state index contributed by atoms with van der Waals surface area (Å²) in [6, 6.07) is 13.4. The highest BCUT2D eigenvalue weighted by Gasteiger charge is 2.34. The fraction of sp³-hybridized carbons (Fsp3) is 0.241. The highest BCUT2D eigenvalue weighted by molar-refractivity contribution is 5.56. The fourth-order valence-electron chi connectivity index (χ4n) is 3.43. The molecule has 196 valence electrons. The van der Waals surface area contributed by atoms with Gasteiger partial charge in [-0.25, -0.2) is 0 Å². The van der Waals surface area contributed by atoms with Gasteiger partial charge in [0.15, 0.2) is 0 Å². The summed E-state index contributed by atoms with van der Waals surface area (Å²) in [4.78, 5) is 0. The Hall–Kier alpha value is -3.91. The van der Waals surface area contributed by atoms with E-state index >= 15 is 0 Å². The van der Waals surface area contributed by atoms with Crippen molar-refractivity contribution < 1.29 is 22.7 Å². The maximum absolute atomic E-state index is 13.7. The zero-order valence-corrected chi connectivity index (χ0v) is 21.0. The summed E-state index contributed by atoms with van der Waals surface area (Å²) in [6.07, 6.45) is 3.14. The standard InChI is InChI=1S/C22H24F3N3O2.C7H8/c1-4-6-15(7-5-2)8-9-16-10-11-17(13-18(16)22(23,24)25)20-27-28-21(30-20)19(26)12-14(3)29;1-7-5-3-2-4-6-7/h4-7,10-11,13,19,29H,1,3,8-9,12,26H2,2H3;2-6H,1H3/b7-5-,15-6+;. The molecule has 0 amide bonds. The van der Waals surface area contributed by atoms with Gasteiger partial charge >= 0.3 is 6.18 Å². The van der Waals surface area contributed by atoms with Crippen LogP contribution >= 0.6 is 0 Å². The first-order valence-corrected chi connectivity index (χ1v) is 11.7. The first-order valence-electron chi connectivity index (χ1n) is 11.7. The molecule has 0 radical (unpaired) electrons. The van der Waals surface area contributed by atoms with Crippen LogP contribution in [0.1, 0.15) is 48.4 Å². The van der Waals surface area contributed by atoms with Crippen LogP contribution in [0.15, 0.2) is 102 Å². The smallest absolute Gasteiger partial charge is 0.416 e. The lowest BCUT2D eigenvalue weighted by molar-refractivity contribution is -0.138. The number of allylic oxidation sites excluding steroid dienone is 5. The summed E-state index contributed by atoms with van der Waals surface area (Å²) >= 11 is 0. The first kappa shape index (κ1) is 29.3. The van der Waals surface area contributed by atoms with Crippen molar-refractivity contribution in [3.05, 3.63) is 120 Å². The molecule has 3 N–H and O–H groups in total. The molecule has 0 aliphatic rings. The average molecular weight is 512 g/mol. The van der Waals surface area contributed by atoms with Crippen molar-refractivity contribution in [2.45, 2.75) is 45.3 Å². The lowest BCUT2D eigenvalue weighted by Crippen LogP contribution is -2.11. The molecule has 0 bridgehead atoms. The summed E-state index contributed by atoms with van der Waals surface area (Å²) in [5.74, 6) is -0.237. The average Bonchev–Trinajstić information content (AvgIpc) is 3.33. The molecule has 1 heterocycles. The second kappa shape index (κ2) is 14.0. The number of aliphatic hydroxyl groups is 1. The van der Waals surface area contributed by atoms with E-state index in [9.17, 15) is 18.3 Å². The molecule has 0 spiro atoms. The van der Waals surface area contributed by atoms with Crippen LogP contribution in [0.3, 0.4) is 0 Å². The second-order valence-corrected chi connectivity index (χ2v) is 8.32. The summed E-state index contributed by atoms with van der Waals surface area (Å²) in [5, 5.41) is 16.8.